The van der Waals surface area contributed by atoms with E-state index >= 15 is 0 Å². The summed E-state index contributed by atoms with van der Waals surface area (Å²) in [5.41, 5.74) is 2.70. The third-order valence-corrected chi connectivity index (χ3v) is 4.47. The van der Waals surface area contributed by atoms with Crippen molar-refractivity contribution in [2.75, 3.05) is 7.11 Å². The predicted molar refractivity (Wildman–Crippen MR) is 95.2 cm³/mol. The zero-order valence-electron chi connectivity index (χ0n) is 15.0. The van der Waals surface area contributed by atoms with Gasteiger partial charge in [-0.05, 0) is 29.8 Å². The molecule has 29 heavy (non-hydrogen) atoms. The first-order valence-corrected chi connectivity index (χ1v) is 8.33. The van der Waals surface area contributed by atoms with E-state index in [-0.39, 0.29) is 23.8 Å². The first-order chi connectivity index (χ1) is 13.7. The molecule has 152 valence electrons. The van der Waals surface area contributed by atoms with E-state index in [4.69, 9.17) is 10.5 Å². The van der Waals surface area contributed by atoms with E-state index in [1.165, 1.54) is 7.11 Å². The summed E-state index contributed by atoms with van der Waals surface area (Å²) in [6.07, 6.45) is -4.72. The smallest absolute Gasteiger partial charge is 0.438 e. The van der Waals surface area contributed by atoms with Crippen molar-refractivity contribution < 1.29 is 23.0 Å². The van der Waals surface area contributed by atoms with Crippen LogP contribution in [0, 0.1) is 0 Å². The SMILES string of the molecule is COc1ccc(C2=NN(C3=NN=C(N)Cc4ncnn43)[C@](O)(C(F)(F)F)C2)cc1. The zero-order valence-corrected chi connectivity index (χ0v) is 15.0. The average Bonchev–Trinajstić information content (AvgIpc) is 3.24. The maximum Gasteiger partial charge on any atom is 0.438 e. The van der Waals surface area contributed by atoms with Crippen molar-refractivity contribution in [3.8, 4) is 5.75 Å². The molecule has 1 aromatic heterocycles. The first-order valence-electron chi connectivity index (χ1n) is 8.33. The summed E-state index contributed by atoms with van der Waals surface area (Å²) in [7, 11) is 1.47. The maximum atomic E-state index is 13.9. The van der Waals surface area contributed by atoms with Crippen molar-refractivity contribution in [1.29, 1.82) is 0 Å². The summed E-state index contributed by atoms with van der Waals surface area (Å²) < 4.78 is 47.7. The fourth-order valence-corrected chi connectivity index (χ4v) is 2.95. The molecule has 0 saturated heterocycles. The number of hydrogen-bond donors (Lipinski definition) is 2. The molecule has 3 N–H and O–H groups in total. The Morgan fingerprint density at radius 1 is 1.21 bits per heavy atom. The number of aromatic nitrogens is 3. The molecule has 0 saturated carbocycles. The van der Waals surface area contributed by atoms with Crippen LogP contribution in [-0.2, 0) is 6.42 Å². The summed E-state index contributed by atoms with van der Waals surface area (Å²) in [5.74, 6) is 0.297. The van der Waals surface area contributed by atoms with Crippen molar-refractivity contribution in [2.45, 2.75) is 24.7 Å². The molecule has 2 aliphatic rings. The van der Waals surface area contributed by atoms with Crippen LogP contribution in [0.5, 0.6) is 5.75 Å². The van der Waals surface area contributed by atoms with Gasteiger partial charge >= 0.3 is 6.18 Å². The van der Waals surface area contributed by atoms with Crippen LogP contribution < -0.4 is 10.5 Å². The quantitative estimate of drug-likeness (QED) is 0.753. The number of rotatable bonds is 2. The Bertz CT molecular complexity index is 1030. The monoisotopic (exact) mass is 408 g/mol. The van der Waals surface area contributed by atoms with Crippen LogP contribution in [0.25, 0.3) is 0 Å². The van der Waals surface area contributed by atoms with Crippen LogP contribution >= 0.6 is 0 Å². The Balaban J connectivity index is 1.83. The highest BCUT2D eigenvalue weighted by molar-refractivity contribution is 6.04. The molecule has 1 aromatic carbocycles. The lowest BCUT2D eigenvalue weighted by Gasteiger charge is -2.33. The third kappa shape index (κ3) is 3.08. The number of alkyl halides is 3. The van der Waals surface area contributed by atoms with Crippen LogP contribution in [0.2, 0.25) is 0 Å². The number of methoxy groups -OCH3 is 1. The van der Waals surface area contributed by atoms with E-state index in [1.54, 1.807) is 24.3 Å². The molecule has 0 radical (unpaired) electrons. The van der Waals surface area contributed by atoms with Crippen molar-refractivity contribution in [3.63, 3.8) is 0 Å². The number of fused-ring (bicyclic) bond motifs is 1. The van der Waals surface area contributed by atoms with E-state index in [1.807, 2.05) is 0 Å². The van der Waals surface area contributed by atoms with Gasteiger partial charge in [0.05, 0.1) is 25.7 Å². The van der Waals surface area contributed by atoms with Crippen molar-refractivity contribution in [1.82, 2.24) is 19.8 Å². The van der Waals surface area contributed by atoms with E-state index in [2.05, 4.69) is 25.4 Å². The second-order valence-corrected chi connectivity index (χ2v) is 6.33. The molecule has 2 aliphatic heterocycles. The number of ether oxygens (including phenoxy) is 1. The molecule has 0 fully saturated rings. The predicted octanol–water partition coefficient (Wildman–Crippen LogP) is 0.680. The molecule has 0 aliphatic carbocycles. The van der Waals surface area contributed by atoms with E-state index in [0.717, 1.165) is 11.0 Å². The Hall–Kier alpha value is -3.48. The number of hydrazone groups is 1. The summed E-state index contributed by atoms with van der Waals surface area (Å²) in [6, 6.07) is 6.25. The van der Waals surface area contributed by atoms with Gasteiger partial charge in [-0.3, -0.25) is 0 Å². The van der Waals surface area contributed by atoms with Gasteiger partial charge in [-0.15, -0.1) is 10.2 Å². The molecular weight excluding hydrogens is 393 g/mol. The van der Waals surface area contributed by atoms with Crippen molar-refractivity contribution in [3.05, 3.63) is 42.0 Å². The fraction of sp³-hybridized carbons (Fsp3) is 0.312. The number of nitrogens with zero attached hydrogens (tertiary/aromatic N) is 7. The Kier molecular flexibility index (Phi) is 4.26. The lowest BCUT2D eigenvalue weighted by molar-refractivity contribution is -0.295. The second-order valence-electron chi connectivity index (χ2n) is 6.33. The minimum absolute atomic E-state index is 0.00181. The van der Waals surface area contributed by atoms with Crippen LogP contribution in [-0.4, -0.2) is 61.4 Å². The number of benzene rings is 1. The molecule has 2 aromatic rings. The van der Waals surface area contributed by atoms with E-state index in [0.29, 0.717) is 16.3 Å². The Morgan fingerprint density at radius 2 is 1.93 bits per heavy atom. The summed E-state index contributed by atoms with van der Waals surface area (Å²) in [6.45, 7) is 0. The molecule has 1 atom stereocenters. The number of aliphatic hydroxyl groups is 1. The van der Waals surface area contributed by atoms with Crippen LogP contribution in [0.3, 0.4) is 0 Å². The minimum Gasteiger partial charge on any atom is -0.497 e. The van der Waals surface area contributed by atoms with Gasteiger partial charge in [0.15, 0.2) is 0 Å². The van der Waals surface area contributed by atoms with Crippen LogP contribution in [0.1, 0.15) is 17.8 Å². The number of nitrogens with two attached hydrogens (primary N) is 1. The van der Waals surface area contributed by atoms with E-state index < -0.39 is 24.3 Å². The molecule has 0 amide bonds. The largest absolute Gasteiger partial charge is 0.497 e. The lowest BCUT2D eigenvalue weighted by Crippen LogP contribution is -2.58. The van der Waals surface area contributed by atoms with E-state index in [9.17, 15) is 18.3 Å². The standard InChI is InChI=1S/C16H15F3N8O2/c1-29-10-4-2-9(3-5-10)11-7-15(28,16(17,18)19)27(25-11)14-24-23-12(20)6-13-21-8-22-26(13)14/h2-5,8,28H,6-7H2,1H3,(H2,20,23)/t15-/m1/s1. The highest BCUT2D eigenvalue weighted by Crippen LogP contribution is 2.42. The zero-order chi connectivity index (χ0) is 20.8. The van der Waals surface area contributed by atoms with Gasteiger partial charge in [-0.2, -0.15) is 33.1 Å². The Morgan fingerprint density at radius 3 is 2.59 bits per heavy atom. The molecule has 10 nitrogen and oxygen atoms in total. The molecule has 4 rings (SSSR count). The van der Waals surface area contributed by atoms with Gasteiger partial charge < -0.3 is 15.6 Å². The fourth-order valence-electron chi connectivity index (χ4n) is 2.95. The summed E-state index contributed by atoms with van der Waals surface area (Å²) in [5, 5.41) is 26.3. The summed E-state index contributed by atoms with van der Waals surface area (Å²) >= 11 is 0. The molecular formula is C16H15F3N8O2. The normalized spacial score (nSPS) is 21.8. The van der Waals surface area contributed by atoms with Gasteiger partial charge in [0.1, 0.15) is 23.7 Å². The maximum absolute atomic E-state index is 13.9. The highest BCUT2D eigenvalue weighted by Gasteiger charge is 2.63. The lowest BCUT2D eigenvalue weighted by atomic mass is 10.0. The van der Waals surface area contributed by atoms with Gasteiger partial charge in [0, 0.05) is 0 Å². The number of halogens is 3. The average molecular weight is 408 g/mol. The molecule has 0 bridgehead atoms. The third-order valence-electron chi connectivity index (χ3n) is 4.47. The Labute approximate surface area is 161 Å². The topological polar surface area (TPSA) is 127 Å². The van der Waals surface area contributed by atoms with Gasteiger partial charge in [-0.25, -0.2) is 4.98 Å². The van der Waals surface area contributed by atoms with Gasteiger partial charge in [0.2, 0.25) is 0 Å². The summed E-state index contributed by atoms with van der Waals surface area (Å²) in [4.78, 5) is 3.95. The first kappa shape index (κ1) is 18.9. The number of amidine groups is 1. The van der Waals surface area contributed by atoms with Gasteiger partial charge in [0.25, 0.3) is 11.7 Å². The minimum atomic E-state index is -5.06. The second kappa shape index (κ2) is 6.55. The molecule has 13 heteroatoms. The van der Waals surface area contributed by atoms with Crippen LogP contribution in [0.4, 0.5) is 13.2 Å². The molecule has 3 heterocycles. The van der Waals surface area contributed by atoms with Crippen molar-refractivity contribution in [2.24, 2.45) is 21.0 Å². The van der Waals surface area contributed by atoms with Gasteiger partial charge in [-0.1, -0.05) is 0 Å². The number of hydrogen-bond acceptors (Lipinski definition) is 9. The molecule has 0 unspecified atom stereocenters. The van der Waals surface area contributed by atoms with Crippen LogP contribution in [0.15, 0.2) is 45.9 Å². The molecule has 0 spiro atoms. The highest BCUT2D eigenvalue weighted by atomic mass is 19.4. The van der Waals surface area contributed by atoms with Crippen molar-refractivity contribution >= 4 is 17.5 Å².